The normalized spacial score (nSPS) is 16.2. The second-order valence-electron chi connectivity index (χ2n) is 7.44. The summed E-state index contributed by atoms with van der Waals surface area (Å²) in [6.45, 7) is 1.20. The van der Waals surface area contributed by atoms with E-state index in [0.29, 0.717) is 41.8 Å². The number of alkyl halides is 3. The number of aryl methyl sites for hydroxylation is 1. The Morgan fingerprint density at radius 1 is 1.25 bits per heavy atom. The molecule has 168 valence electrons. The van der Waals surface area contributed by atoms with E-state index in [4.69, 9.17) is 0 Å². The Hall–Kier alpha value is -3.21. The molecule has 1 atom stereocenters. The maximum Gasteiger partial charge on any atom is 0.405 e. The maximum atomic E-state index is 12.4. The first-order valence-electron chi connectivity index (χ1n) is 10.0. The van der Waals surface area contributed by atoms with Gasteiger partial charge in [0.05, 0.1) is 10.6 Å². The van der Waals surface area contributed by atoms with Crippen LogP contribution in [-0.4, -0.2) is 46.2 Å². The third-order valence-corrected chi connectivity index (χ3v) is 5.99. The number of carbonyl (C=O) groups is 1. The maximum absolute atomic E-state index is 12.4. The summed E-state index contributed by atoms with van der Waals surface area (Å²) in [5.74, 6) is 0.678. The summed E-state index contributed by atoms with van der Waals surface area (Å²) in [6, 6.07) is 8.70. The number of pyridine rings is 2. The van der Waals surface area contributed by atoms with Crippen molar-refractivity contribution in [2.75, 3.05) is 23.3 Å². The van der Waals surface area contributed by atoms with Gasteiger partial charge in [0, 0.05) is 18.9 Å². The molecule has 1 fully saturated rings. The highest BCUT2D eigenvalue weighted by atomic mass is 32.1. The van der Waals surface area contributed by atoms with E-state index < -0.39 is 24.7 Å². The van der Waals surface area contributed by atoms with Crippen molar-refractivity contribution in [3.8, 4) is 10.6 Å². The number of carbonyl (C=O) groups excluding carboxylic acids is 1. The van der Waals surface area contributed by atoms with E-state index >= 15 is 0 Å². The molecule has 1 saturated heterocycles. The van der Waals surface area contributed by atoms with Crippen LogP contribution >= 0.6 is 11.3 Å². The highest BCUT2D eigenvalue weighted by molar-refractivity contribution is 7.18. The van der Waals surface area contributed by atoms with E-state index in [1.807, 2.05) is 42.6 Å². The molecule has 1 aliphatic rings. The molecule has 7 nitrogen and oxygen atoms in total. The second-order valence-corrected chi connectivity index (χ2v) is 8.45. The summed E-state index contributed by atoms with van der Waals surface area (Å²) < 4.78 is 37.3. The number of anilines is 3. The molecular weight excluding hydrogens is 441 g/mol. The molecule has 3 aromatic rings. The van der Waals surface area contributed by atoms with Crippen molar-refractivity contribution in [1.82, 2.24) is 20.3 Å². The largest absolute Gasteiger partial charge is 0.405 e. The molecule has 0 saturated carbocycles. The Morgan fingerprint density at radius 2 is 2.09 bits per heavy atom. The SMILES string of the molecule is Cc1ccnc(Nc2cccc(-c3cnc(N4CCCC4C(=O)NCC(F)(F)F)s3)n2)c1. The number of halogens is 3. The minimum Gasteiger partial charge on any atom is -0.345 e. The summed E-state index contributed by atoms with van der Waals surface area (Å²) in [5, 5.41) is 5.74. The Labute approximate surface area is 186 Å². The van der Waals surface area contributed by atoms with E-state index in [9.17, 15) is 18.0 Å². The van der Waals surface area contributed by atoms with Crippen molar-refractivity contribution in [3.63, 3.8) is 0 Å². The molecule has 1 unspecified atom stereocenters. The summed E-state index contributed by atoms with van der Waals surface area (Å²) in [7, 11) is 0. The number of thiazole rings is 1. The van der Waals surface area contributed by atoms with E-state index in [-0.39, 0.29) is 0 Å². The molecule has 0 spiro atoms. The lowest BCUT2D eigenvalue weighted by atomic mass is 10.2. The van der Waals surface area contributed by atoms with Gasteiger partial charge < -0.3 is 15.5 Å². The Balaban J connectivity index is 1.48. The van der Waals surface area contributed by atoms with Crippen molar-refractivity contribution < 1.29 is 18.0 Å². The second kappa shape index (κ2) is 9.11. The van der Waals surface area contributed by atoms with Crippen LogP contribution in [0.25, 0.3) is 10.6 Å². The van der Waals surface area contributed by atoms with Crippen LogP contribution in [0, 0.1) is 6.92 Å². The van der Waals surface area contributed by atoms with Gasteiger partial charge in [-0.2, -0.15) is 13.2 Å². The molecule has 32 heavy (non-hydrogen) atoms. The lowest BCUT2D eigenvalue weighted by molar-refractivity contribution is -0.139. The fourth-order valence-electron chi connectivity index (χ4n) is 3.47. The van der Waals surface area contributed by atoms with E-state index in [2.05, 4.69) is 20.3 Å². The van der Waals surface area contributed by atoms with Crippen LogP contribution in [0.5, 0.6) is 0 Å². The number of amides is 1. The number of aromatic nitrogens is 3. The van der Waals surface area contributed by atoms with Crippen molar-refractivity contribution in [3.05, 3.63) is 48.3 Å². The first-order chi connectivity index (χ1) is 15.3. The first-order valence-corrected chi connectivity index (χ1v) is 10.8. The van der Waals surface area contributed by atoms with Crippen molar-refractivity contribution in [2.24, 2.45) is 0 Å². The van der Waals surface area contributed by atoms with Gasteiger partial charge in [0.25, 0.3) is 0 Å². The van der Waals surface area contributed by atoms with Crippen LogP contribution in [0.3, 0.4) is 0 Å². The molecule has 3 aromatic heterocycles. The van der Waals surface area contributed by atoms with Gasteiger partial charge in [0.1, 0.15) is 24.2 Å². The van der Waals surface area contributed by atoms with Crippen LogP contribution in [0.15, 0.2) is 42.7 Å². The summed E-state index contributed by atoms with van der Waals surface area (Å²) in [4.78, 5) is 28.1. The van der Waals surface area contributed by atoms with Gasteiger partial charge in [-0.15, -0.1) is 0 Å². The molecule has 0 bridgehead atoms. The first kappa shape index (κ1) is 22.0. The average Bonchev–Trinajstić information content (AvgIpc) is 3.41. The van der Waals surface area contributed by atoms with Crippen LogP contribution < -0.4 is 15.5 Å². The Morgan fingerprint density at radius 3 is 2.88 bits per heavy atom. The van der Waals surface area contributed by atoms with Gasteiger partial charge in [-0.3, -0.25) is 4.79 Å². The summed E-state index contributed by atoms with van der Waals surface area (Å²) >= 11 is 1.35. The smallest absolute Gasteiger partial charge is 0.345 e. The molecule has 1 amide bonds. The predicted octanol–water partition coefficient (Wildman–Crippen LogP) is 4.30. The minimum absolute atomic E-state index is 0.486. The molecule has 4 rings (SSSR count). The molecule has 0 radical (unpaired) electrons. The number of nitrogens with one attached hydrogen (secondary N) is 2. The highest BCUT2D eigenvalue weighted by Gasteiger charge is 2.35. The van der Waals surface area contributed by atoms with Crippen molar-refractivity contribution in [1.29, 1.82) is 0 Å². The van der Waals surface area contributed by atoms with Gasteiger partial charge in [-0.25, -0.2) is 15.0 Å². The van der Waals surface area contributed by atoms with E-state index in [1.165, 1.54) is 11.3 Å². The van der Waals surface area contributed by atoms with E-state index in [0.717, 1.165) is 10.4 Å². The summed E-state index contributed by atoms with van der Waals surface area (Å²) in [6.07, 6.45) is 0.139. The average molecular weight is 463 g/mol. The van der Waals surface area contributed by atoms with Crippen molar-refractivity contribution >= 4 is 34.0 Å². The van der Waals surface area contributed by atoms with Crippen LogP contribution in [-0.2, 0) is 4.79 Å². The highest BCUT2D eigenvalue weighted by Crippen LogP contribution is 2.34. The summed E-state index contributed by atoms with van der Waals surface area (Å²) in [5.41, 5.74) is 1.77. The fraction of sp³-hybridized carbons (Fsp3) is 0.333. The molecule has 0 aliphatic carbocycles. The van der Waals surface area contributed by atoms with E-state index in [1.54, 1.807) is 17.3 Å². The van der Waals surface area contributed by atoms with Gasteiger partial charge in [-0.1, -0.05) is 17.4 Å². The van der Waals surface area contributed by atoms with Gasteiger partial charge >= 0.3 is 6.18 Å². The number of hydrogen-bond acceptors (Lipinski definition) is 7. The van der Waals surface area contributed by atoms with Crippen LogP contribution in [0.2, 0.25) is 0 Å². The van der Waals surface area contributed by atoms with Crippen LogP contribution in [0.1, 0.15) is 18.4 Å². The van der Waals surface area contributed by atoms with Gasteiger partial charge in [0.2, 0.25) is 5.91 Å². The predicted molar refractivity (Wildman–Crippen MR) is 117 cm³/mol. The third-order valence-electron chi connectivity index (χ3n) is 4.93. The standard InChI is InChI=1S/C21H21F3N6OS/c1-13-7-8-25-18(10-13)29-17-6-2-4-14(28-17)16-11-26-20(32-16)30-9-3-5-15(30)19(31)27-12-21(22,23)24/h2,4,6-8,10-11,15H,3,5,9,12H2,1H3,(H,27,31)(H,25,28,29). The lowest BCUT2D eigenvalue weighted by Gasteiger charge is -2.23. The zero-order chi connectivity index (χ0) is 22.7. The molecule has 4 heterocycles. The molecule has 0 aromatic carbocycles. The minimum atomic E-state index is -4.44. The number of hydrogen-bond donors (Lipinski definition) is 2. The lowest BCUT2D eigenvalue weighted by Crippen LogP contribution is -2.46. The number of nitrogens with zero attached hydrogens (tertiary/aromatic N) is 4. The Bertz CT molecular complexity index is 1100. The van der Waals surface area contributed by atoms with Crippen molar-refractivity contribution in [2.45, 2.75) is 32.0 Å². The Kier molecular flexibility index (Phi) is 6.26. The van der Waals surface area contributed by atoms with Gasteiger partial charge in [-0.05, 0) is 49.6 Å². The molecular formula is C21H21F3N6OS. The molecule has 2 N–H and O–H groups in total. The van der Waals surface area contributed by atoms with Crippen LogP contribution in [0.4, 0.5) is 29.9 Å². The topological polar surface area (TPSA) is 83.0 Å². The number of rotatable bonds is 6. The van der Waals surface area contributed by atoms with Gasteiger partial charge in [0.15, 0.2) is 5.13 Å². The quantitative estimate of drug-likeness (QED) is 0.569. The molecule has 11 heteroatoms. The molecule has 1 aliphatic heterocycles. The zero-order valence-corrected chi connectivity index (χ0v) is 18.0. The third kappa shape index (κ3) is 5.34. The fourth-order valence-corrected chi connectivity index (χ4v) is 4.43. The monoisotopic (exact) mass is 462 g/mol. The zero-order valence-electron chi connectivity index (χ0n) is 17.2.